The summed E-state index contributed by atoms with van der Waals surface area (Å²) in [4.78, 5) is 3.86. The van der Waals surface area contributed by atoms with E-state index in [0.29, 0.717) is 5.92 Å². The van der Waals surface area contributed by atoms with E-state index in [-0.39, 0.29) is 6.10 Å². The summed E-state index contributed by atoms with van der Waals surface area (Å²) in [5, 5.41) is 9.00. The van der Waals surface area contributed by atoms with Crippen LogP contribution in [0.4, 0.5) is 5.69 Å². The Hall–Kier alpha value is -2.34. The van der Waals surface area contributed by atoms with Crippen LogP contribution in [0.15, 0.2) is 72.1 Å². The molecule has 1 aromatic heterocycles. The van der Waals surface area contributed by atoms with E-state index in [0.717, 1.165) is 37.5 Å². The molecule has 1 saturated heterocycles. The van der Waals surface area contributed by atoms with Gasteiger partial charge in [-0.1, -0.05) is 48.5 Å². The van der Waals surface area contributed by atoms with Gasteiger partial charge in [0.15, 0.2) is 0 Å². The molecule has 2 N–H and O–H groups in total. The third-order valence-corrected chi connectivity index (χ3v) is 7.24. The fourth-order valence-corrected chi connectivity index (χ4v) is 5.23. The van der Waals surface area contributed by atoms with Crippen molar-refractivity contribution >= 4 is 17.0 Å². The van der Waals surface area contributed by atoms with Crippen LogP contribution >= 0.6 is 11.3 Å². The van der Waals surface area contributed by atoms with Crippen molar-refractivity contribution in [1.29, 1.82) is 0 Å². The Morgan fingerprint density at radius 3 is 2.50 bits per heavy atom. The van der Waals surface area contributed by atoms with Gasteiger partial charge >= 0.3 is 0 Å². The zero-order valence-electron chi connectivity index (χ0n) is 19.0. The molecule has 1 aliphatic heterocycles. The second-order valence-electron chi connectivity index (χ2n) is 8.46. The smallest absolute Gasteiger partial charge is 0.143 e. The molecule has 2 aromatic carbocycles. The first kappa shape index (κ1) is 22.8. The predicted molar refractivity (Wildman–Crippen MR) is 136 cm³/mol. The summed E-state index contributed by atoms with van der Waals surface area (Å²) in [6, 6.07) is 23.6. The number of hydrogen-bond donors (Lipinski definition) is 2. The van der Waals surface area contributed by atoms with Gasteiger partial charge in [-0.15, -0.1) is 11.3 Å². The molecule has 1 aliphatic rings. The monoisotopic (exact) mass is 449 g/mol. The highest BCUT2D eigenvalue weighted by Gasteiger charge is 2.20. The molecule has 0 bridgehead atoms. The molecule has 5 heteroatoms. The van der Waals surface area contributed by atoms with Crippen molar-refractivity contribution < 1.29 is 4.74 Å². The molecule has 4 rings (SSSR count). The maximum Gasteiger partial charge on any atom is 0.143 e. The minimum atomic E-state index is 0.0717. The number of hydrogen-bond acceptors (Lipinski definition) is 5. The predicted octanol–water partition coefficient (Wildman–Crippen LogP) is 5.77. The van der Waals surface area contributed by atoms with E-state index in [9.17, 15) is 0 Å². The Balaban J connectivity index is 1.28. The van der Waals surface area contributed by atoms with Gasteiger partial charge in [0.2, 0.25) is 0 Å². The SMILES string of the molecule is CNCCC(Oc1ccccc1NCCN1CCC(c2ccccc2)CC1)c1cccs1. The maximum absolute atomic E-state index is 6.49. The lowest BCUT2D eigenvalue weighted by Gasteiger charge is -2.32. The topological polar surface area (TPSA) is 36.5 Å². The Morgan fingerprint density at radius 2 is 1.75 bits per heavy atom. The largest absolute Gasteiger partial charge is 0.483 e. The maximum atomic E-state index is 6.49. The summed E-state index contributed by atoms with van der Waals surface area (Å²) in [6.07, 6.45) is 3.51. The Morgan fingerprint density at radius 1 is 0.969 bits per heavy atom. The van der Waals surface area contributed by atoms with Gasteiger partial charge in [0, 0.05) is 24.4 Å². The van der Waals surface area contributed by atoms with Crippen LogP contribution in [-0.4, -0.2) is 44.7 Å². The average Bonchev–Trinajstić information content (AvgIpc) is 3.39. The van der Waals surface area contributed by atoms with Gasteiger partial charge in [-0.3, -0.25) is 0 Å². The summed E-state index contributed by atoms with van der Waals surface area (Å²) < 4.78 is 6.49. The van der Waals surface area contributed by atoms with Gasteiger partial charge in [0.05, 0.1) is 5.69 Å². The molecule has 1 atom stereocenters. The fourth-order valence-electron chi connectivity index (χ4n) is 4.44. The zero-order valence-corrected chi connectivity index (χ0v) is 19.8. The summed E-state index contributed by atoms with van der Waals surface area (Å²) in [7, 11) is 1.99. The third-order valence-electron chi connectivity index (χ3n) is 6.28. The van der Waals surface area contributed by atoms with Crippen LogP contribution < -0.4 is 15.4 Å². The van der Waals surface area contributed by atoms with E-state index in [1.807, 2.05) is 7.05 Å². The number of piperidine rings is 1. The molecule has 0 amide bonds. The van der Waals surface area contributed by atoms with Crippen LogP contribution in [0.5, 0.6) is 5.75 Å². The molecule has 1 fully saturated rings. The molecule has 3 aromatic rings. The first-order chi connectivity index (χ1) is 15.8. The lowest BCUT2D eigenvalue weighted by Crippen LogP contribution is -2.36. The second-order valence-corrected chi connectivity index (χ2v) is 9.44. The second kappa shape index (κ2) is 12.0. The number of benzene rings is 2. The van der Waals surface area contributed by atoms with Gasteiger partial charge in [-0.05, 0) is 74.6 Å². The first-order valence-corrected chi connectivity index (χ1v) is 12.7. The van der Waals surface area contributed by atoms with E-state index in [1.54, 1.807) is 11.3 Å². The summed E-state index contributed by atoms with van der Waals surface area (Å²) in [6.45, 7) is 5.26. The Labute approximate surface area is 196 Å². The molecule has 0 spiro atoms. The third kappa shape index (κ3) is 6.35. The summed E-state index contributed by atoms with van der Waals surface area (Å²) in [5.74, 6) is 1.64. The van der Waals surface area contributed by atoms with E-state index >= 15 is 0 Å². The van der Waals surface area contributed by atoms with Crippen LogP contribution in [0.3, 0.4) is 0 Å². The molecule has 0 radical (unpaired) electrons. The number of para-hydroxylation sites is 2. The molecule has 2 heterocycles. The fraction of sp³-hybridized carbons (Fsp3) is 0.407. The Bertz CT molecular complexity index is 908. The molecular formula is C27H35N3OS. The number of likely N-dealkylation sites (tertiary alicyclic amines) is 1. The van der Waals surface area contributed by atoms with Gasteiger partial charge < -0.3 is 20.3 Å². The van der Waals surface area contributed by atoms with Crippen LogP contribution in [0.1, 0.15) is 41.7 Å². The number of nitrogens with one attached hydrogen (secondary N) is 2. The number of nitrogens with zero attached hydrogens (tertiary/aromatic N) is 1. The van der Waals surface area contributed by atoms with Crippen LogP contribution in [0.2, 0.25) is 0 Å². The van der Waals surface area contributed by atoms with Gasteiger partial charge in [-0.2, -0.15) is 0 Å². The molecule has 0 saturated carbocycles. The molecule has 170 valence electrons. The standard InChI is InChI=1S/C27H35N3OS/c1-28-16-13-26(27-12-7-21-32-27)31-25-11-6-5-10-24(25)29-17-20-30-18-14-23(15-19-30)22-8-3-2-4-9-22/h2-12,21,23,26,28-29H,13-20H2,1H3. The minimum absolute atomic E-state index is 0.0717. The molecule has 32 heavy (non-hydrogen) atoms. The van der Waals surface area contributed by atoms with E-state index < -0.39 is 0 Å². The van der Waals surface area contributed by atoms with Crippen molar-refractivity contribution in [1.82, 2.24) is 10.2 Å². The number of anilines is 1. The zero-order chi connectivity index (χ0) is 22.0. The van der Waals surface area contributed by atoms with Gasteiger partial charge in [0.25, 0.3) is 0 Å². The van der Waals surface area contributed by atoms with E-state index in [1.165, 1.54) is 36.4 Å². The molecular weight excluding hydrogens is 414 g/mol. The van der Waals surface area contributed by atoms with Crippen LogP contribution in [0.25, 0.3) is 0 Å². The van der Waals surface area contributed by atoms with E-state index in [4.69, 9.17) is 4.74 Å². The average molecular weight is 450 g/mol. The first-order valence-electron chi connectivity index (χ1n) is 11.8. The molecule has 1 unspecified atom stereocenters. The van der Waals surface area contributed by atoms with Crippen molar-refractivity contribution in [2.45, 2.75) is 31.3 Å². The highest BCUT2D eigenvalue weighted by Crippen LogP contribution is 2.32. The van der Waals surface area contributed by atoms with Crippen LogP contribution in [0, 0.1) is 0 Å². The number of thiophene rings is 1. The lowest BCUT2D eigenvalue weighted by molar-refractivity contribution is 0.199. The number of ether oxygens (including phenoxy) is 1. The normalized spacial score (nSPS) is 16.0. The minimum Gasteiger partial charge on any atom is -0.483 e. The van der Waals surface area contributed by atoms with Crippen molar-refractivity contribution in [2.75, 3.05) is 45.1 Å². The van der Waals surface area contributed by atoms with Crippen molar-refractivity contribution in [3.05, 3.63) is 82.6 Å². The van der Waals surface area contributed by atoms with Crippen molar-refractivity contribution in [2.24, 2.45) is 0 Å². The lowest BCUT2D eigenvalue weighted by atomic mass is 9.89. The van der Waals surface area contributed by atoms with Gasteiger partial charge in [0.1, 0.15) is 11.9 Å². The summed E-state index contributed by atoms with van der Waals surface area (Å²) in [5.41, 5.74) is 2.58. The van der Waals surface area contributed by atoms with Gasteiger partial charge in [-0.25, -0.2) is 0 Å². The van der Waals surface area contributed by atoms with Crippen LogP contribution in [-0.2, 0) is 0 Å². The highest BCUT2D eigenvalue weighted by molar-refractivity contribution is 7.10. The number of rotatable bonds is 11. The highest BCUT2D eigenvalue weighted by atomic mass is 32.1. The molecule has 0 aliphatic carbocycles. The quantitative estimate of drug-likeness (QED) is 0.390. The molecule has 4 nitrogen and oxygen atoms in total. The summed E-state index contributed by atoms with van der Waals surface area (Å²) >= 11 is 1.76. The Kier molecular flexibility index (Phi) is 8.60. The van der Waals surface area contributed by atoms with E-state index in [2.05, 4.69) is 87.6 Å². The van der Waals surface area contributed by atoms with Crippen molar-refractivity contribution in [3.8, 4) is 5.75 Å². The van der Waals surface area contributed by atoms with Crippen molar-refractivity contribution in [3.63, 3.8) is 0 Å².